The average Bonchev–Trinajstić information content (AvgIpc) is 2.74. The lowest BCUT2D eigenvalue weighted by Crippen LogP contribution is -2.43. The van der Waals surface area contributed by atoms with Crippen molar-refractivity contribution in [1.29, 1.82) is 0 Å². The van der Waals surface area contributed by atoms with Gasteiger partial charge < -0.3 is 19.5 Å². The van der Waals surface area contributed by atoms with Crippen LogP contribution in [-0.2, 0) is 22.6 Å². The summed E-state index contributed by atoms with van der Waals surface area (Å²) in [6, 6.07) is 11.9. The second-order valence-electron chi connectivity index (χ2n) is 7.61. The summed E-state index contributed by atoms with van der Waals surface area (Å²) < 4.78 is 8.27. The average molecular weight is 411 g/mol. The van der Waals surface area contributed by atoms with E-state index in [1.807, 2.05) is 41.1 Å². The Morgan fingerprint density at radius 3 is 2.70 bits per heavy atom. The number of carboxylic acids is 1. The van der Waals surface area contributed by atoms with Crippen LogP contribution in [0.5, 0.6) is 5.75 Å². The molecule has 0 radical (unpaired) electrons. The van der Waals surface area contributed by atoms with Crippen LogP contribution in [0, 0.1) is 0 Å². The maximum atomic E-state index is 12.9. The van der Waals surface area contributed by atoms with Gasteiger partial charge in [0.2, 0.25) is 11.8 Å². The largest absolute Gasteiger partial charge is 0.550 e. The van der Waals surface area contributed by atoms with Gasteiger partial charge in [0.15, 0.2) is 12.0 Å². The van der Waals surface area contributed by atoms with Gasteiger partial charge in [0.25, 0.3) is 0 Å². The van der Waals surface area contributed by atoms with Crippen molar-refractivity contribution in [2.75, 3.05) is 18.0 Å². The van der Waals surface area contributed by atoms with Gasteiger partial charge in [-0.05, 0) is 45.2 Å². The Bertz CT molecular complexity index is 893. The van der Waals surface area contributed by atoms with Crippen LogP contribution in [0.2, 0.25) is 0 Å². The molecule has 6 nitrogen and oxygen atoms in total. The third-order valence-electron chi connectivity index (χ3n) is 5.61. The molecule has 0 saturated carbocycles. The number of carbonyl (C=O) groups is 2. The predicted octanol–water partition coefficient (Wildman–Crippen LogP) is 2.38. The second kappa shape index (κ2) is 10.2. The lowest BCUT2D eigenvalue weighted by atomic mass is 9.98. The summed E-state index contributed by atoms with van der Waals surface area (Å²) in [4.78, 5) is 25.7. The fourth-order valence-electron chi connectivity index (χ4n) is 3.94. The molecule has 0 bridgehead atoms. The number of unbranched alkanes of at least 4 members (excludes halogenated alkanes) is 2. The smallest absolute Gasteiger partial charge is 0.240 e. The van der Waals surface area contributed by atoms with E-state index >= 15 is 0 Å². The number of aryl methyl sites for hydroxylation is 1. The number of benzene rings is 1. The number of hydrogen-bond donors (Lipinski definition) is 0. The minimum Gasteiger partial charge on any atom is -0.550 e. The molecule has 1 aliphatic heterocycles. The Kier molecular flexibility index (Phi) is 7.44. The Balaban J connectivity index is 1.76. The summed E-state index contributed by atoms with van der Waals surface area (Å²) in [5.74, 6) is -0.185. The first kappa shape index (κ1) is 21.8. The highest BCUT2D eigenvalue weighted by Gasteiger charge is 2.35. The minimum absolute atomic E-state index is 0.0509. The maximum absolute atomic E-state index is 12.9. The predicted molar refractivity (Wildman–Crippen MR) is 112 cm³/mol. The molecule has 2 aromatic rings. The highest BCUT2D eigenvalue weighted by Crippen LogP contribution is 2.35. The number of fused-ring (bicyclic) bond motifs is 1. The Morgan fingerprint density at radius 2 is 1.97 bits per heavy atom. The topological polar surface area (TPSA) is 73.6 Å². The van der Waals surface area contributed by atoms with Gasteiger partial charge in [-0.1, -0.05) is 6.07 Å². The molecular formula is C24H30N2O4. The molecule has 1 atom stereocenters. The van der Waals surface area contributed by atoms with Crippen LogP contribution in [0.3, 0.4) is 0 Å². The molecule has 0 saturated heterocycles. The van der Waals surface area contributed by atoms with Crippen LogP contribution in [0.15, 0.2) is 42.6 Å². The van der Waals surface area contributed by atoms with Gasteiger partial charge in [-0.15, -0.1) is 0 Å². The normalized spacial score (nSPS) is 15.4. The molecule has 1 aromatic heterocycles. The zero-order chi connectivity index (χ0) is 21.5. The molecule has 1 unspecified atom stereocenters. The molecule has 0 N–H and O–H groups in total. The number of aliphatic carboxylic acids is 1. The highest BCUT2D eigenvalue weighted by molar-refractivity contribution is 5.88. The molecule has 0 fully saturated rings. The maximum Gasteiger partial charge on any atom is 0.240 e. The number of hydrogen-bond acceptors (Lipinski definition) is 5. The van der Waals surface area contributed by atoms with Crippen molar-refractivity contribution in [1.82, 2.24) is 0 Å². The van der Waals surface area contributed by atoms with E-state index < -0.39 is 12.1 Å². The van der Waals surface area contributed by atoms with E-state index in [9.17, 15) is 14.7 Å². The van der Waals surface area contributed by atoms with Crippen molar-refractivity contribution in [3.05, 3.63) is 53.9 Å². The Morgan fingerprint density at radius 1 is 1.17 bits per heavy atom. The first-order chi connectivity index (χ1) is 14.5. The SMILES string of the molecule is CCN(CC)c1ccc2c(c1)OC(c1cccc[n+]1CCCCCC(=O)[O-])C(=O)C2. The van der Waals surface area contributed by atoms with Gasteiger partial charge in [0, 0.05) is 61.4 Å². The van der Waals surface area contributed by atoms with E-state index in [4.69, 9.17) is 4.74 Å². The summed E-state index contributed by atoms with van der Waals surface area (Å²) in [5.41, 5.74) is 2.86. The van der Waals surface area contributed by atoms with Crippen LogP contribution in [-0.4, -0.2) is 24.8 Å². The number of pyridine rings is 1. The summed E-state index contributed by atoms with van der Waals surface area (Å²) in [6.07, 6.45) is 4.00. The molecule has 0 aliphatic carbocycles. The van der Waals surface area contributed by atoms with Crippen molar-refractivity contribution in [3.63, 3.8) is 0 Å². The van der Waals surface area contributed by atoms with Crippen molar-refractivity contribution in [2.45, 2.75) is 58.6 Å². The number of carboxylic acid groups (broad SMARTS) is 1. The highest BCUT2D eigenvalue weighted by atomic mass is 16.5. The van der Waals surface area contributed by atoms with Gasteiger partial charge in [-0.25, -0.2) is 0 Å². The van der Waals surface area contributed by atoms with E-state index in [1.54, 1.807) is 0 Å². The number of Topliss-reactive ketones (excluding diaryl/α,β-unsaturated/α-hetero) is 1. The number of anilines is 1. The Labute approximate surface area is 178 Å². The monoisotopic (exact) mass is 410 g/mol. The fourth-order valence-corrected chi connectivity index (χ4v) is 3.94. The number of nitrogens with zero attached hydrogens (tertiary/aromatic N) is 2. The molecule has 160 valence electrons. The van der Waals surface area contributed by atoms with Crippen molar-refractivity contribution >= 4 is 17.4 Å². The van der Waals surface area contributed by atoms with Crippen molar-refractivity contribution in [3.8, 4) is 5.75 Å². The van der Waals surface area contributed by atoms with Crippen LogP contribution in [0.1, 0.15) is 56.9 Å². The van der Waals surface area contributed by atoms with Gasteiger partial charge in [0.05, 0.1) is 0 Å². The van der Waals surface area contributed by atoms with Crippen molar-refractivity contribution < 1.29 is 24.0 Å². The molecule has 0 spiro atoms. The van der Waals surface area contributed by atoms with Gasteiger partial charge in [-0.3, -0.25) is 4.79 Å². The summed E-state index contributed by atoms with van der Waals surface area (Å²) >= 11 is 0. The quantitative estimate of drug-likeness (QED) is 0.444. The van der Waals surface area contributed by atoms with Crippen LogP contribution >= 0.6 is 0 Å². The molecule has 0 amide bonds. The van der Waals surface area contributed by atoms with E-state index in [0.717, 1.165) is 48.6 Å². The standard InChI is InChI=1S/C24H30N2O4/c1-3-25(4-2)19-13-12-18-16-21(27)24(30-22(18)17-19)20-10-7-9-15-26(20)14-8-5-6-11-23(28)29/h7,9-10,12-13,15,17,24H,3-6,8,11,14,16H2,1-2H3. The second-order valence-corrected chi connectivity index (χ2v) is 7.61. The zero-order valence-electron chi connectivity index (χ0n) is 17.8. The first-order valence-electron chi connectivity index (χ1n) is 10.8. The van der Waals surface area contributed by atoms with Crippen LogP contribution in [0.4, 0.5) is 5.69 Å². The lowest BCUT2D eigenvalue weighted by Gasteiger charge is -2.27. The third-order valence-corrected chi connectivity index (χ3v) is 5.61. The number of rotatable bonds is 10. The zero-order valence-corrected chi connectivity index (χ0v) is 17.8. The first-order valence-corrected chi connectivity index (χ1v) is 10.8. The molecule has 3 rings (SSSR count). The number of ether oxygens (including phenoxy) is 1. The fraction of sp³-hybridized carbons (Fsp3) is 0.458. The number of aromatic nitrogens is 1. The van der Waals surface area contributed by atoms with Gasteiger partial charge in [0.1, 0.15) is 12.3 Å². The number of ketones is 1. The lowest BCUT2D eigenvalue weighted by molar-refractivity contribution is -0.706. The van der Waals surface area contributed by atoms with Crippen molar-refractivity contribution in [2.24, 2.45) is 0 Å². The molecule has 6 heteroatoms. The minimum atomic E-state index is -1.01. The number of carbonyl (C=O) groups excluding carboxylic acids is 2. The van der Waals surface area contributed by atoms with Gasteiger partial charge >= 0.3 is 0 Å². The summed E-state index contributed by atoms with van der Waals surface area (Å²) in [6.45, 7) is 6.78. The van der Waals surface area contributed by atoms with E-state index in [1.165, 1.54) is 0 Å². The van der Waals surface area contributed by atoms with E-state index in [-0.39, 0.29) is 12.2 Å². The Hall–Kier alpha value is -2.89. The molecule has 1 aliphatic rings. The molecule has 2 heterocycles. The van der Waals surface area contributed by atoms with E-state index in [2.05, 4.69) is 24.8 Å². The van der Waals surface area contributed by atoms with Crippen LogP contribution in [0.25, 0.3) is 0 Å². The molecule has 30 heavy (non-hydrogen) atoms. The summed E-state index contributed by atoms with van der Waals surface area (Å²) in [7, 11) is 0. The summed E-state index contributed by atoms with van der Waals surface area (Å²) in [5, 5.41) is 10.6. The molecule has 1 aromatic carbocycles. The third kappa shape index (κ3) is 5.17. The van der Waals surface area contributed by atoms with Gasteiger partial charge in [-0.2, -0.15) is 4.57 Å². The van der Waals surface area contributed by atoms with E-state index in [0.29, 0.717) is 19.4 Å². The van der Waals surface area contributed by atoms with Crippen LogP contribution < -0.4 is 19.3 Å². The molecular weight excluding hydrogens is 380 g/mol.